The second kappa shape index (κ2) is 10.1. The number of imidazole rings is 2. The molecule has 2 saturated heterocycles. The Balaban J connectivity index is 1.10. The molecule has 0 bridgehead atoms. The number of anilines is 2. The Labute approximate surface area is 223 Å². The SMILES string of the molecule is Nc1nc2c(ncn2[C@H]2C[C@H](OP(=O)(O)OC[C@H]3O[C@@H](n4cnc5c(N)ncnc54)C[C@@H]3O)[C@@H](CO)O2)c(=O)[nH]1. The fourth-order valence-electron chi connectivity index (χ4n) is 4.79. The molecular formula is C20H25N10O9P. The van der Waals surface area contributed by atoms with Gasteiger partial charge < -0.3 is 36.0 Å². The smallest absolute Gasteiger partial charge is 0.394 e. The number of phosphoric acid groups is 1. The van der Waals surface area contributed by atoms with Gasteiger partial charge in [-0.15, -0.1) is 0 Å². The van der Waals surface area contributed by atoms with Crippen molar-refractivity contribution in [2.24, 2.45) is 0 Å². The summed E-state index contributed by atoms with van der Waals surface area (Å²) in [5.41, 5.74) is 11.8. The van der Waals surface area contributed by atoms with E-state index >= 15 is 0 Å². The molecule has 214 valence electrons. The van der Waals surface area contributed by atoms with Crippen LogP contribution in [0.4, 0.5) is 11.8 Å². The number of aromatic nitrogens is 8. The summed E-state index contributed by atoms with van der Waals surface area (Å²) < 4.78 is 37.9. The van der Waals surface area contributed by atoms with Gasteiger partial charge in [0.2, 0.25) is 5.95 Å². The third-order valence-corrected chi connectivity index (χ3v) is 7.71. The van der Waals surface area contributed by atoms with E-state index in [1.54, 1.807) is 4.57 Å². The fourth-order valence-corrected chi connectivity index (χ4v) is 5.75. The van der Waals surface area contributed by atoms with Gasteiger partial charge in [-0.05, 0) is 0 Å². The van der Waals surface area contributed by atoms with E-state index < -0.39 is 63.5 Å². The molecule has 7 atom stereocenters. The molecule has 6 heterocycles. The van der Waals surface area contributed by atoms with Gasteiger partial charge >= 0.3 is 7.82 Å². The summed E-state index contributed by atoms with van der Waals surface area (Å²) in [5.74, 6) is 0.0596. The Morgan fingerprint density at radius 3 is 2.52 bits per heavy atom. The number of ether oxygens (including phenoxy) is 2. The highest BCUT2D eigenvalue weighted by atomic mass is 31.2. The molecule has 0 radical (unpaired) electrons. The van der Waals surface area contributed by atoms with Crippen molar-refractivity contribution in [3.8, 4) is 0 Å². The van der Waals surface area contributed by atoms with E-state index in [4.69, 9.17) is 30.0 Å². The van der Waals surface area contributed by atoms with Crippen LogP contribution in [0, 0.1) is 0 Å². The third kappa shape index (κ3) is 4.82. The van der Waals surface area contributed by atoms with Crippen LogP contribution in [0.5, 0.6) is 0 Å². The maximum absolute atomic E-state index is 12.8. The van der Waals surface area contributed by atoms with Gasteiger partial charge in [0, 0.05) is 12.8 Å². The molecule has 20 heteroatoms. The monoisotopic (exact) mass is 580 g/mol. The third-order valence-electron chi connectivity index (χ3n) is 6.69. The zero-order valence-electron chi connectivity index (χ0n) is 20.5. The van der Waals surface area contributed by atoms with Crippen molar-refractivity contribution in [3.05, 3.63) is 29.3 Å². The zero-order valence-corrected chi connectivity index (χ0v) is 21.4. The molecule has 0 amide bonds. The van der Waals surface area contributed by atoms with E-state index in [0.29, 0.717) is 11.2 Å². The van der Waals surface area contributed by atoms with Crippen molar-refractivity contribution in [1.82, 2.24) is 39.0 Å². The average molecular weight is 580 g/mol. The molecule has 6 rings (SSSR count). The minimum absolute atomic E-state index is 0.0116. The lowest BCUT2D eigenvalue weighted by atomic mass is 10.2. The van der Waals surface area contributed by atoms with Crippen molar-refractivity contribution >= 4 is 41.9 Å². The van der Waals surface area contributed by atoms with Gasteiger partial charge in [-0.2, -0.15) is 4.98 Å². The molecule has 2 fully saturated rings. The van der Waals surface area contributed by atoms with Crippen molar-refractivity contribution in [2.75, 3.05) is 24.7 Å². The largest absolute Gasteiger partial charge is 0.472 e. The van der Waals surface area contributed by atoms with E-state index in [2.05, 4.69) is 29.9 Å². The summed E-state index contributed by atoms with van der Waals surface area (Å²) in [7, 11) is -4.72. The number of rotatable bonds is 8. The zero-order chi connectivity index (χ0) is 28.2. The lowest BCUT2D eigenvalue weighted by Gasteiger charge is -2.21. The molecule has 2 aliphatic rings. The summed E-state index contributed by atoms with van der Waals surface area (Å²) in [6.07, 6.45) is -1.48. The Kier molecular flexibility index (Phi) is 6.75. The maximum Gasteiger partial charge on any atom is 0.472 e. The number of hydrogen-bond acceptors (Lipinski definition) is 15. The van der Waals surface area contributed by atoms with Crippen LogP contribution in [0.25, 0.3) is 22.3 Å². The molecule has 0 aromatic carbocycles. The minimum Gasteiger partial charge on any atom is -0.394 e. The number of fused-ring (bicyclic) bond motifs is 2. The lowest BCUT2D eigenvalue weighted by Crippen LogP contribution is -2.29. The molecular weight excluding hydrogens is 555 g/mol. The second-order valence-corrected chi connectivity index (χ2v) is 10.7. The van der Waals surface area contributed by atoms with E-state index in [1.807, 2.05) is 0 Å². The average Bonchev–Trinajstić information content (AvgIpc) is 3.67. The fraction of sp³-hybridized carbons (Fsp3) is 0.500. The molecule has 4 aromatic rings. The van der Waals surface area contributed by atoms with Crippen molar-refractivity contribution in [2.45, 2.75) is 49.7 Å². The van der Waals surface area contributed by atoms with Crippen LogP contribution >= 0.6 is 7.82 Å². The number of nitrogens with two attached hydrogens (primary N) is 2. The van der Waals surface area contributed by atoms with Crippen molar-refractivity contribution < 1.29 is 38.2 Å². The van der Waals surface area contributed by atoms with Gasteiger partial charge in [-0.1, -0.05) is 0 Å². The topological polar surface area (TPSA) is 274 Å². The van der Waals surface area contributed by atoms with Crippen LogP contribution in [0.3, 0.4) is 0 Å². The molecule has 0 saturated carbocycles. The molecule has 4 aromatic heterocycles. The number of H-pyrrole nitrogens is 1. The van der Waals surface area contributed by atoms with Gasteiger partial charge in [0.15, 0.2) is 22.6 Å². The molecule has 2 aliphatic heterocycles. The second-order valence-electron chi connectivity index (χ2n) is 9.25. The van der Waals surface area contributed by atoms with Crippen LogP contribution in [0.2, 0.25) is 0 Å². The quantitative estimate of drug-likeness (QED) is 0.130. The lowest BCUT2D eigenvalue weighted by molar-refractivity contribution is -0.0554. The first kappa shape index (κ1) is 26.7. The number of phosphoric ester groups is 1. The predicted molar refractivity (Wildman–Crippen MR) is 133 cm³/mol. The first-order chi connectivity index (χ1) is 19.1. The standard InChI is InChI=1S/C20H25N10O9P/c21-16-14-17(24-5-23-16)29(6-25-14)12-1-8(32)11(38-12)4-36-40(34,35)39-9-2-13(37-10(9)3-31)30-7-26-15-18(30)27-20(22)28-19(15)33/h5-13,31-32H,1-4H2,(H,34,35)(H2,21,23,24)(H3,22,27,28,33)/t8-,9-,10+,11+,12+,13+/m0/s1. The summed E-state index contributed by atoms with van der Waals surface area (Å²) in [5, 5.41) is 20.3. The number of aliphatic hydroxyl groups excluding tert-OH is 2. The Morgan fingerprint density at radius 2 is 1.75 bits per heavy atom. The highest BCUT2D eigenvalue weighted by Gasteiger charge is 2.43. The number of aliphatic hydroxyl groups is 2. The highest BCUT2D eigenvalue weighted by Crippen LogP contribution is 2.49. The molecule has 0 aliphatic carbocycles. The van der Waals surface area contributed by atoms with Crippen LogP contribution in [-0.2, 0) is 23.1 Å². The minimum atomic E-state index is -4.72. The predicted octanol–water partition coefficient (Wildman–Crippen LogP) is -1.45. The Bertz CT molecular complexity index is 1660. The van der Waals surface area contributed by atoms with Gasteiger partial charge in [0.05, 0.1) is 32.0 Å². The van der Waals surface area contributed by atoms with E-state index in [1.165, 1.54) is 23.5 Å². The highest BCUT2D eigenvalue weighted by molar-refractivity contribution is 7.47. The molecule has 1 unspecified atom stereocenters. The van der Waals surface area contributed by atoms with Crippen LogP contribution in [-0.4, -0.2) is 91.8 Å². The first-order valence-corrected chi connectivity index (χ1v) is 13.5. The number of nitrogen functional groups attached to an aromatic ring is 2. The van der Waals surface area contributed by atoms with Gasteiger partial charge in [-0.25, -0.2) is 24.5 Å². The summed E-state index contributed by atoms with van der Waals surface area (Å²) >= 11 is 0. The van der Waals surface area contributed by atoms with Crippen molar-refractivity contribution in [1.29, 1.82) is 0 Å². The summed E-state index contributed by atoms with van der Waals surface area (Å²) in [6.45, 7) is -1.02. The maximum atomic E-state index is 12.8. The first-order valence-electron chi connectivity index (χ1n) is 12.0. The van der Waals surface area contributed by atoms with E-state index in [0.717, 1.165) is 0 Å². The Hall–Kier alpha value is -3.55. The number of aromatic amines is 1. The summed E-state index contributed by atoms with van der Waals surface area (Å²) in [6, 6.07) is 0. The molecule has 8 N–H and O–H groups in total. The van der Waals surface area contributed by atoms with Gasteiger partial charge in [0.25, 0.3) is 5.56 Å². The molecule has 40 heavy (non-hydrogen) atoms. The summed E-state index contributed by atoms with van der Waals surface area (Å²) in [4.78, 5) is 45.1. The number of nitrogens with one attached hydrogen (secondary N) is 1. The molecule has 0 spiro atoms. The number of hydrogen-bond donors (Lipinski definition) is 6. The van der Waals surface area contributed by atoms with Crippen molar-refractivity contribution in [3.63, 3.8) is 0 Å². The van der Waals surface area contributed by atoms with Gasteiger partial charge in [-0.3, -0.25) is 28.0 Å². The van der Waals surface area contributed by atoms with Crippen LogP contribution in [0.1, 0.15) is 25.3 Å². The van der Waals surface area contributed by atoms with Crippen LogP contribution in [0.15, 0.2) is 23.8 Å². The number of nitrogens with zero attached hydrogens (tertiary/aromatic N) is 7. The van der Waals surface area contributed by atoms with E-state index in [-0.39, 0.29) is 35.8 Å². The normalized spacial score (nSPS) is 28.5. The Morgan fingerprint density at radius 1 is 1.05 bits per heavy atom. The van der Waals surface area contributed by atoms with Gasteiger partial charge in [0.1, 0.15) is 42.6 Å². The van der Waals surface area contributed by atoms with Crippen LogP contribution < -0.4 is 17.0 Å². The van der Waals surface area contributed by atoms with E-state index in [9.17, 15) is 24.5 Å². The molecule has 19 nitrogen and oxygen atoms in total.